The van der Waals surface area contributed by atoms with Crippen LogP contribution in [0.4, 0.5) is 0 Å². The number of ether oxygens (including phenoxy) is 1. The molecular weight excluding hydrogens is 242 g/mol. The van der Waals surface area contributed by atoms with E-state index in [2.05, 4.69) is 15.1 Å². The van der Waals surface area contributed by atoms with Crippen LogP contribution in [0.3, 0.4) is 0 Å². The fourth-order valence-electron chi connectivity index (χ4n) is 2.95. The van der Waals surface area contributed by atoms with Gasteiger partial charge in [0.1, 0.15) is 0 Å². The van der Waals surface area contributed by atoms with Crippen LogP contribution < -0.4 is 0 Å². The lowest BCUT2D eigenvalue weighted by atomic mass is 9.85. The molecule has 1 unspecified atom stereocenters. The first kappa shape index (κ1) is 13.1. The summed E-state index contributed by atoms with van der Waals surface area (Å²) in [6.45, 7) is 2.82. The second-order valence-electron chi connectivity index (χ2n) is 5.65. The van der Waals surface area contributed by atoms with Gasteiger partial charge in [0.2, 0.25) is 11.8 Å². The highest BCUT2D eigenvalue weighted by molar-refractivity contribution is 4.99. The van der Waals surface area contributed by atoms with Crippen molar-refractivity contribution in [3.63, 3.8) is 0 Å². The molecule has 106 valence electrons. The quantitative estimate of drug-likeness (QED) is 0.818. The van der Waals surface area contributed by atoms with E-state index in [-0.39, 0.29) is 0 Å². The summed E-state index contributed by atoms with van der Waals surface area (Å²) in [5.41, 5.74) is 0. The standard InChI is InChI=1S/C14H23N3O2/c1-18-10-9-17-8-3-2-7-12(17)14-16-15-13(19-14)11-5-4-6-11/h11-12H,2-10H2,1H3. The van der Waals surface area contributed by atoms with E-state index in [1.165, 1.54) is 32.1 Å². The number of piperidine rings is 1. The molecule has 5 heteroatoms. The predicted octanol–water partition coefficient (Wildman–Crippen LogP) is 2.51. The van der Waals surface area contributed by atoms with Crippen molar-refractivity contribution < 1.29 is 9.15 Å². The molecule has 0 bridgehead atoms. The van der Waals surface area contributed by atoms with Crippen LogP contribution >= 0.6 is 0 Å². The van der Waals surface area contributed by atoms with Gasteiger partial charge in [-0.1, -0.05) is 12.8 Å². The van der Waals surface area contributed by atoms with E-state index >= 15 is 0 Å². The minimum Gasteiger partial charge on any atom is -0.423 e. The second-order valence-corrected chi connectivity index (χ2v) is 5.65. The van der Waals surface area contributed by atoms with E-state index in [9.17, 15) is 0 Å². The van der Waals surface area contributed by atoms with Gasteiger partial charge in [-0.2, -0.15) is 0 Å². The van der Waals surface area contributed by atoms with E-state index < -0.39 is 0 Å². The smallest absolute Gasteiger partial charge is 0.233 e. The number of nitrogens with zero attached hydrogens (tertiary/aromatic N) is 3. The Morgan fingerprint density at radius 1 is 1.16 bits per heavy atom. The van der Waals surface area contributed by atoms with Gasteiger partial charge in [0, 0.05) is 19.6 Å². The summed E-state index contributed by atoms with van der Waals surface area (Å²) in [6, 6.07) is 0.297. The van der Waals surface area contributed by atoms with Crippen LogP contribution in [0.15, 0.2) is 4.42 Å². The minimum atomic E-state index is 0.297. The van der Waals surface area contributed by atoms with Crippen LogP contribution in [0.2, 0.25) is 0 Å². The Bertz CT molecular complexity index is 403. The minimum absolute atomic E-state index is 0.297. The van der Waals surface area contributed by atoms with Gasteiger partial charge in [-0.3, -0.25) is 4.90 Å². The van der Waals surface area contributed by atoms with E-state index in [4.69, 9.17) is 9.15 Å². The molecule has 1 aromatic heterocycles. The number of hydrogen-bond acceptors (Lipinski definition) is 5. The van der Waals surface area contributed by atoms with E-state index in [0.29, 0.717) is 12.0 Å². The highest BCUT2D eigenvalue weighted by Crippen LogP contribution is 2.37. The van der Waals surface area contributed by atoms with Crippen molar-refractivity contribution >= 4 is 0 Å². The van der Waals surface area contributed by atoms with Crippen molar-refractivity contribution in [2.24, 2.45) is 0 Å². The Labute approximate surface area is 114 Å². The first-order chi connectivity index (χ1) is 9.38. The van der Waals surface area contributed by atoms with Gasteiger partial charge >= 0.3 is 0 Å². The molecule has 1 aliphatic carbocycles. The number of aromatic nitrogens is 2. The molecule has 1 saturated heterocycles. The molecule has 3 rings (SSSR count). The molecule has 0 N–H and O–H groups in total. The highest BCUT2D eigenvalue weighted by atomic mass is 16.5. The molecular formula is C14H23N3O2. The Morgan fingerprint density at radius 3 is 2.74 bits per heavy atom. The average molecular weight is 265 g/mol. The molecule has 2 fully saturated rings. The van der Waals surface area contributed by atoms with Crippen molar-refractivity contribution in [2.75, 3.05) is 26.8 Å². The normalized spacial score (nSPS) is 25.4. The molecule has 1 saturated carbocycles. The SMILES string of the molecule is COCCN1CCCCC1c1nnc(C2CCC2)o1. The van der Waals surface area contributed by atoms with Crippen LogP contribution in [0.25, 0.3) is 0 Å². The van der Waals surface area contributed by atoms with Crippen molar-refractivity contribution in [2.45, 2.75) is 50.5 Å². The molecule has 1 aliphatic heterocycles. The predicted molar refractivity (Wildman–Crippen MR) is 70.9 cm³/mol. The van der Waals surface area contributed by atoms with Gasteiger partial charge < -0.3 is 9.15 Å². The van der Waals surface area contributed by atoms with Crippen molar-refractivity contribution in [3.8, 4) is 0 Å². The molecule has 19 heavy (non-hydrogen) atoms. The zero-order chi connectivity index (χ0) is 13.1. The van der Waals surface area contributed by atoms with Gasteiger partial charge in [-0.05, 0) is 32.2 Å². The third-order valence-corrected chi connectivity index (χ3v) is 4.39. The van der Waals surface area contributed by atoms with Crippen molar-refractivity contribution in [1.29, 1.82) is 0 Å². The fourth-order valence-corrected chi connectivity index (χ4v) is 2.95. The first-order valence-corrected chi connectivity index (χ1v) is 7.45. The lowest BCUT2D eigenvalue weighted by molar-refractivity contribution is 0.0820. The molecule has 5 nitrogen and oxygen atoms in total. The van der Waals surface area contributed by atoms with Crippen molar-refractivity contribution in [1.82, 2.24) is 15.1 Å². The number of likely N-dealkylation sites (tertiary alicyclic amines) is 1. The van der Waals surface area contributed by atoms with Gasteiger partial charge in [0.15, 0.2) is 0 Å². The Hall–Kier alpha value is -0.940. The molecule has 1 aromatic rings. The lowest BCUT2D eigenvalue weighted by Crippen LogP contribution is -2.36. The highest BCUT2D eigenvalue weighted by Gasteiger charge is 2.31. The van der Waals surface area contributed by atoms with Crippen LogP contribution in [-0.2, 0) is 4.74 Å². The first-order valence-electron chi connectivity index (χ1n) is 7.45. The summed E-state index contributed by atoms with van der Waals surface area (Å²) in [6.07, 6.45) is 7.33. The molecule has 0 aromatic carbocycles. The van der Waals surface area contributed by atoms with Crippen molar-refractivity contribution in [3.05, 3.63) is 11.8 Å². The maximum atomic E-state index is 5.93. The zero-order valence-corrected chi connectivity index (χ0v) is 11.7. The molecule has 1 atom stereocenters. The fraction of sp³-hybridized carbons (Fsp3) is 0.857. The summed E-state index contributed by atoms with van der Waals surface area (Å²) in [5.74, 6) is 2.20. The van der Waals surface area contributed by atoms with Crippen LogP contribution in [0.1, 0.15) is 62.3 Å². The Balaban J connectivity index is 1.68. The van der Waals surface area contributed by atoms with Gasteiger partial charge in [0.25, 0.3) is 0 Å². The van der Waals surface area contributed by atoms with Gasteiger partial charge in [0.05, 0.1) is 12.6 Å². The second kappa shape index (κ2) is 6.01. The molecule has 0 radical (unpaired) electrons. The Morgan fingerprint density at radius 2 is 2.00 bits per heavy atom. The maximum absolute atomic E-state index is 5.93. The number of rotatable bonds is 5. The molecule has 2 aliphatic rings. The average Bonchev–Trinajstić information content (AvgIpc) is 2.84. The third kappa shape index (κ3) is 2.82. The summed E-state index contributed by atoms with van der Waals surface area (Å²) >= 11 is 0. The zero-order valence-electron chi connectivity index (χ0n) is 11.7. The third-order valence-electron chi connectivity index (χ3n) is 4.39. The summed E-state index contributed by atoms with van der Waals surface area (Å²) in [4.78, 5) is 2.42. The van der Waals surface area contributed by atoms with E-state index in [1.807, 2.05) is 0 Å². The summed E-state index contributed by atoms with van der Waals surface area (Å²) in [7, 11) is 1.75. The summed E-state index contributed by atoms with van der Waals surface area (Å²) in [5, 5.41) is 8.56. The molecule has 0 amide bonds. The van der Waals surface area contributed by atoms with E-state index in [0.717, 1.165) is 37.9 Å². The van der Waals surface area contributed by atoms with Crippen LogP contribution in [-0.4, -0.2) is 41.9 Å². The topological polar surface area (TPSA) is 51.4 Å². The number of methoxy groups -OCH3 is 1. The monoisotopic (exact) mass is 265 g/mol. The molecule has 2 heterocycles. The van der Waals surface area contributed by atoms with E-state index in [1.54, 1.807) is 7.11 Å². The van der Waals surface area contributed by atoms with Gasteiger partial charge in [-0.15, -0.1) is 10.2 Å². The lowest BCUT2D eigenvalue weighted by Gasteiger charge is -2.33. The Kier molecular flexibility index (Phi) is 4.13. The maximum Gasteiger partial charge on any atom is 0.233 e. The summed E-state index contributed by atoms with van der Waals surface area (Å²) < 4.78 is 11.1. The largest absolute Gasteiger partial charge is 0.423 e. The van der Waals surface area contributed by atoms with Crippen LogP contribution in [0.5, 0.6) is 0 Å². The van der Waals surface area contributed by atoms with Gasteiger partial charge in [-0.25, -0.2) is 0 Å². The van der Waals surface area contributed by atoms with Crippen LogP contribution in [0, 0.1) is 0 Å². The molecule has 0 spiro atoms. The number of hydrogen-bond donors (Lipinski definition) is 0.